The number of hydrazine groups is 1. The van der Waals surface area contributed by atoms with Crippen LogP contribution in [-0.2, 0) is 31.9 Å². The second-order valence-corrected chi connectivity index (χ2v) is 10.5. The van der Waals surface area contributed by atoms with Crippen molar-refractivity contribution in [3.8, 4) is 0 Å². The molecule has 10 heteroatoms. The molecule has 2 N–H and O–H groups in total. The maximum Gasteiger partial charge on any atom is 0.407 e. The minimum Gasteiger partial charge on any atom is -0.467 e. The molecule has 8 nitrogen and oxygen atoms in total. The van der Waals surface area contributed by atoms with E-state index in [0.717, 1.165) is 16.7 Å². The lowest BCUT2D eigenvalue weighted by Gasteiger charge is -2.42. The number of carbonyl (C=O) groups is 3. The molecular formula is C26H31Cl2N3O5. The SMILES string of the molecule is COC(=O)C1C(c2ccc(CCNC(=O)OC(C)(C)C)cc2)Cc2c(Cl)cc(Cl)cc2N1NC(C)=O. The molecule has 194 valence electrons. The molecule has 0 aromatic heterocycles. The number of fused-ring (bicyclic) bond motifs is 1. The van der Waals surface area contributed by atoms with E-state index in [1.807, 2.05) is 45.0 Å². The molecule has 2 atom stereocenters. The molecule has 0 saturated carbocycles. The average molecular weight is 536 g/mol. The van der Waals surface area contributed by atoms with Gasteiger partial charge in [-0.15, -0.1) is 0 Å². The predicted octanol–water partition coefficient (Wildman–Crippen LogP) is 4.80. The van der Waals surface area contributed by atoms with E-state index in [-0.39, 0.29) is 11.8 Å². The number of esters is 1. The maximum absolute atomic E-state index is 13.0. The van der Waals surface area contributed by atoms with E-state index >= 15 is 0 Å². The van der Waals surface area contributed by atoms with Crippen molar-refractivity contribution in [2.24, 2.45) is 0 Å². The lowest BCUT2D eigenvalue weighted by molar-refractivity contribution is -0.143. The summed E-state index contributed by atoms with van der Waals surface area (Å²) in [4.78, 5) is 36.9. The molecule has 0 fully saturated rings. The number of hydrogen-bond acceptors (Lipinski definition) is 6. The molecule has 1 aliphatic rings. The number of nitrogens with one attached hydrogen (secondary N) is 2. The molecule has 0 bridgehead atoms. The van der Waals surface area contributed by atoms with E-state index in [1.54, 1.807) is 12.1 Å². The molecule has 3 rings (SSSR count). The quantitative estimate of drug-likeness (QED) is 0.515. The minimum atomic E-state index is -0.833. The number of hydrogen-bond donors (Lipinski definition) is 2. The normalized spacial score (nSPS) is 17.1. The Bertz CT molecular complexity index is 1130. The van der Waals surface area contributed by atoms with Gasteiger partial charge in [-0.2, -0.15) is 0 Å². The van der Waals surface area contributed by atoms with Crippen molar-refractivity contribution in [1.82, 2.24) is 10.7 Å². The summed E-state index contributed by atoms with van der Waals surface area (Å²) in [5.74, 6) is -1.20. The van der Waals surface area contributed by atoms with E-state index in [9.17, 15) is 14.4 Å². The van der Waals surface area contributed by atoms with Gasteiger partial charge in [-0.25, -0.2) is 9.59 Å². The number of alkyl carbamates (subject to hydrolysis) is 1. The summed E-state index contributed by atoms with van der Waals surface area (Å²) in [7, 11) is 1.31. The highest BCUT2D eigenvalue weighted by atomic mass is 35.5. The zero-order valence-corrected chi connectivity index (χ0v) is 22.5. The van der Waals surface area contributed by atoms with Gasteiger partial charge in [0.2, 0.25) is 5.91 Å². The van der Waals surface area contributed by atoms with Gasteiger partial charge in [0.05, 0.1) is 12.8 Å². The molecule has 36 heavy (non-hydrogen) atoms. The van der Waals surface area contributed by atoms with Crippen LogP contribution in [0.4, 0.5) is 10.5 Å². The van der Waals surface area contributed by atoms with Crippen LogP contribution < -0.4 is 15.8 Å². The minimum absolute atomic E-state index is 0.348. The largest absolute Gasteiger partial charge is 0.467 e. The molecule has 2 unspecified atom stereocenters. The zero-order valence-electron chi connectivity index (χ0n) is 21.0. The number of rotatable bonds is 6. The van der Waals surface area contributed by atoms with Gasteiger partial charge in [0.15, 0.2) is 6.04 Å². The van der Waals surface area contributed by atoms with Crippen LogP contribution in [0.3, 0.4) is 0 Å². The highest BCUT2D eigenvalue weighted by Crippen LogP contribution is 2.43. The van der Waals surface area contributed by atoms with Gasteiger partial charge in [-0.1, -0.05) is 47.5 Å². The summed E-state index contributed by atoms with van der Waals surface area (Å²) >= 11 is 12.8. The Morgan fingerprint density at radius 3 is 2.36 bits per heavy atom. The zero-order chi connectivity index (χ0) is 26.6. The molecule has 0 saturated heterocycles. The molecule has 0 aliphatic carbocycles. The van der Waals surface area contributed by atoms with Crippen molar-refractivity contribution in [2.45, 2.75) is 58.1 Å². The number of benzene rings is 2. The van der Waals surface area contributed by atoms with Gasteiger partial charge in [0.25, 0.3) is 0 Å². The van der Waals surface area contributed by atoms with Crippen molar-refractivity contribution in [2.75, 3.05) is 18.7 Å². The first-order valence-electron chi connectivity index (χ1n) is 11.6. The Labute approximate surface area is 221 Å². The van der Waals surface area contributed by atoms with Crippen molar-refractivity contribution in [3.05, 3.63) is 63.1 Å². The van der Waals surface area contributed by atoms with Crippen LogP contribution in [0.2, 0.25) is 10.0 Å². The first kappa shape index (κ1) is 27.6. The third-order valence-corrected chi connectivity index (χ3v) is 6.25. The number of halogens is 2. The highest BCUT2D eigenvalue weighted by Gasteiger charge is 2.42. The summed E-state index contributed by atoms with van der Waals surface area (Å²) in [6.45, 7) is 7.22. The number of nitrogens with zero attached hydrogens (tertiary/aromatic N) is 1. The molecule has 2 amide bonds. The summed E-state index contributed by atoms with van der Waals surface area (Å²) in [5.41, 5.74) is 5.40. The Balaban J connectivity index is 1.86. The summed E-state index contributed by atoms with van der Waals surface area (Å²) in [6.07, 6.45) is 0.590. The smallest absolute Gasteiger partial charge is 0.407 e. The molecule has 1 heterocycles. The fraction of sp³-hybridized carbons (Fsp3) is 0.423. The van der Waals surface area contributed by atoms with E-state index in [0.29, 0.717) is 35.1 Å². The fourth-order valence-electron chi connectivity index (χ4n) is 4.21. The third-order valence-electron chi connectivity index (χ3n) is 5.69. The monoisotopic (exact) mass is 535 g/mol. The predicted molar refractivity (Wildman–Crippen MR) is 139 cm³/mol. The van der Waals surface area contributed by atoms with Gasteiger partial charge in [-0.05, 0) is 62.4 Å². The topological polar surface area (TPSA) is 97.0 Å². The van der Waals surface area contributed by atoms with Crippen LogP contribution >= 0.6 is 23.2 Å². The van der Waals surface area contributed by atoms with Crippen molar-refractivity contribution >= 4 is 46.9 Å². The van der Waals surface area contributed by atoms with E-state index < -0.39 is 23.7 Å². The van der Waals surface area contributed by atoms with Crippen LogP contribution in [0.1, 0.15) is 50.3 Å². The molecule has 0 spiro atoms. The van der Waals surface area contributed by atoms with Gasteiger partial charge < -0.3 is 14.8 Å². The summed E-state index contributed by atoms with van der Waals surface area (Å²) in [6, 6.07) is 10.2. The Morgan fingerprint density at radius 2 is 1.78 bits per heavy atom. The number of carbonyl (C=O) groups excluding carboxylic acids is 3. The number of anilines is 1. The first-order chi connectivity index (χ1) is 16.9. The number of amides is 2. The Morgan fingerprint density at radius 1 is 1.11 bits per heavy atom. The molecule has 0 radical (unpaired) electrons. The maximum atomic E-state index is 13.0. The van der Waals surface area contributed by atoms with Gasteiger partial charge in [-0.3, -0.25) is 15.2 Å². The summed E-state index contributed by atoms with van der Waals surface area (Å²) in [5, 5.41) is 5.08. The van der Waals surface area contributed by atoms with Gasteiger partial charge >= 0.3 is 12.1 Å². The van der Waals surface area contributed by atoms with Crippen LogP contribution in [0.5, 0.6) is 0 Å². The molecule has 2 aromatic rings. The van der Waals surface area contributed by atoms with Crippen LogP contribution in [0, 0.1) is 0 Å². The first-order valence-corrected chi connectivity index (χ1v) is 12.3. The van der Waals surface area contributed by atoms with E-state index in [1.165, 1.54) is 19.0 Å². The lowest BCUT2D eigenvalue weighted by Crippen LogP contribution is -2.57. The van der Waals surface area contributed by atoms with Crippen molar-refractivity contribution in [3.63, 3.8) is 0 Å². The number of ether oxygens (including phenoxy) is 2. The third kappa shape index (κ3) is 6.83. The Hall–Kier alpha value is -2.97. The Kier molecular flexibility index (Phi) is 8.74. The standard InChI is InChI=1S/C26H31Cl2N3O5/c1-15(32)30-31-22-13-18(27)12-21(28)20(22)14-19(23(31)24(33)35-5)17-8-6-16(7-9-17)10-11-29-25(34)36-26(2,3)4/h6-9,12-13,19,23H,10-11,14H2,1-5H3,(H,29,34)(H,30,32). The second kappa shape index (κ2) is 11.4. The molecular weight excluding hydrogens is 505 g/mol. The van der Waals surface area contributed by atoms with Gasteiger partial charge in [0.1, 0.15) is 5.60 Å². The van der Waals surface area contributed by atoms with Crippen molar-refractivity contribution < 1.29 is 23.9 Å². The average Bonchev–Trinajstić information content (AvgIpc) is 2.77. The molecule has 1 aliphatic heterocycles. The van der Waals surface area contributed by atoms with Crippen LogP contribution in [-0.4, -0.2) is 43.3 Å². The second-order valence-electron chi connectivity index (χ2n) is 9.62. The lowest BCUT2D eigenvalue weighted by atomic mass is 9.81. The van der Waals surface area contributed by atoms with Crippen LogP contribution in [0.15, 0.2) is 36.4 Å². The van der Waals surface area contributed by atoms with E-state index in [4.69, 9.17) is 32.7 Å². The highest BCUT2D eigenvalue weighted by molar-refractivity contribution is 6.35. The van der Waals surface area contributed by atoms with E-state index in [2.05, 4.69) is 10.7 Å². The van der Waals surface area contributed by atoms with Crippen LogP contribution in [0.25, 0.3) is 0 Å². The van der Waals surface area contributed by atoms with Crippen molar-refractivity contribution in [1.29, 1.82) is 0 Å². The fourth-order valence-corrected chi connectivity index (χ4v) is 4.77. The van der Waals surface area contributed by atoms with Gasteiger partial charge in [0, 0.05) is 29.4 Å². The number of methoxy groups -OCH3 is 1. The summed E-state index contributed by atoms with van der Waals surface area (Å²) < 4.78 is 10.4. The molecule has 2 aromatic carbocycles.